The summed E-state index contributed by atoms with van der Waals surface area (Å²) in [5.74, 6) is 0. The summed E-state index contributed by atoms with van der Waals surface area (Å²) in [5, 5.41) is 3.57. The first-order chi connectivity index (χ1) is 9.24. The van der Waals surface area contributed by atoms with Crippen LogP contribution in [0.15, 0.2) is 22.7 Å². The fraction of sp³-hybridized carbons (Fsp3) is 0.625. The minimum atomic E-state index is 0.767. The molecule has 0 aromatic heterocycles. The van der Waals surface area contributed by atoms with Crippen LogP contribution in [-0.4, -0.2) is 19.1 Å². The van der Waals surface area contributed by atoms with Gasteiger partial charge in [-0.05, 0) is 43.9 Å². The molecule has 106 valence electrons. The van der Waals surface area contributed by atoms with Gasteiger partial charge in [0.2, 0.25) is 0 Å². The van der Waals surface area contributed by atoms with Crippen molar-refractivity contribution in [2.24, 2.45) is 0 Å². The predicted molar refractivity (Wildman–Crippen MR) is 86.8 cm³/mol. The van der Waals surface area contributed by atoms with Crippen LogP contribution in [-0.2, 0) is 6.54 Å². The first-order valence-corrected chi connectivity index (χ1v) is 8.30. The lowest BCUT2D eigenvalue weighted by Gasteiger charge is -2.23. The van der Waals surface area contributed by atoms with Crippen molar-refractivity contribution < 1.29 is 0 Å². The molecule has 2 rings (SSSR count). The monoisotopic (exact) mass is 324 g/mol. The van der Waals surface area contributed by atoms with E-state index in [-0.39, 0.29) is 0 Å². The lowest BCUT2D eigenvalue weighted by molar-refractivity contribution is 0.685. The maximum atomic E-state index is 3.72. The molecule has 19 heavy (non-hydrogen) atoms. The number of nitrogens with zero attached hydrogens (tertiary/aromatic N) is 1. The zero-order chi connectivity index (χ0) is 13.7. The van der Waals surface area contributed by atoms with Crippen LogP contribution in [0.25, 0.3) is 0 Å². The van der Waals surface area contributed by atoms with Crippen molar-refractivity contribution in [3.63, 3.8) is 0 Å². The Kier molecular flexibility index (Phi) is 5.71. The molecule has 1 aliphatic rings. The molecule has 0 atom stereocenters. The molecule has 0 saturated heterocycles. The van der Waals surface area contributed by atoms with Crippen molar-refractivity contribution >= 4 is 21.6 Å². The number of nitrogens with one attached hydrogen (secondary N) is 1. The first-order valence-electron chi connectivity index (χ1n) is 7.51. The first kappa shape index (κ1) is 14.9. The van der Waals surface area contributed by atoms with Crippen LogP contribution in [0.2, 0.25) is 0 Å². The van der Waals surface area contributed by atoms with Gasteiger partial charge in [0.1, 0.15) is 0 Å². The molecule has 3 heteroatoms. The molecule has 0 unspecified atom stereocenters. The number of hydrogen-bond acceptors (Lipinski definition) is 2. The van der Waals surface area contributed by atoms with Gasteiger partial charge in [0, 0.05) is 35.8 Å². The number of halogens is 1. The Hall–Kier alpha value is -0.540. The molecule has 1 saturated carbocycles. The molecule has 0 heterocycles. The van der Waals surface area contributed by atoms with Crippen molar-refractivity contribution in [1.82, 2.24) is 5.32 Å². The standard InChI is InChI=1S/C16H25BrN2/c1-3-5-10-19(4-2)15-9-6-13(16(17)11-15)12-18-14-7-8-14/h6,9,11,14,18H,3-5,7-8,10,12H2,1-2H3. The molecule has 1 aromatic rings. The highest BCUT2D eigenvalue weighted by molar-refractivity contribution is 9.10. The zero-order valence-corrected chi connectivity index (χ0v) is 13.7. The molecule has 0 aliphatic heterocycles. The number of benzene rings is 1. The molecule has 2 nitrogen and oxygen atoms in total. The van der Waals surface area contributed by atoms with Gasteiger partial charge in [0.05, 0.1) is 0 Å². The largest absolute Gasteiger partial charge is 0.372 e. The van der Waals surface area contributed by atoms with Crippen LogP contribution in [0, 0.1) is 0 Å². The van der Waals surface area contributed by atoms with Gasteiger partial charge < -0.3 is 10.2 Å². The molecule has 1 aliphatic carbocycles. The second-order valence-electron chi connectivity index (χ2n) is 5.36. The summed E-state index contributed by atoms with van der Waals surface area (Å²) in [4.78, 5) is 2.45. The minimum absolute atomic E-state index is 0.767. The van der Waals surface area contributed by atoms with Crippen LogP contribution in [0.4, 0.5) is 5.69 Å². The minimum Gasteiger partial charge on any atom is -0.372 e. The van der Waals surface area contributed by atoms with Gasteiger partial charge in [-0.3, -0.25) is 0 Å². The van der Waals surface area contributed by atoms with Crippen LogP contribution in [0.5, 0.6) is 0 Å². The van der Waals surface area contributed by atoms with Gasteiger partial charge in [0.15, 0.2) is 0 Å². The Balaban J connectivity index is 1.98. The number of anilines is 1. The third kappa shape index (κ3) is 4.50. The second kappa shape index (κ2) is 7.30. The van der Waals surface area contributed by atoms with E-state index in [4.69, 9.17) is 0 Å². The lowest BCUT2D eigenvalue weighted by atomic mass is 10.2. The second-order valence-corrected chi connectivity index (χ2v) is 6.22. The van der Waals surface area contributed by atoms with Gasteiger partial charge in [0.25, 0.3) is 0 Å². The normalized spacial score (nSPS) is 14.7. The van der Waals surface area contributed by atoms with E-state index in [0.717, 1.165) is 25.7 Å². The van der Waals surface area contributed by atoms with Crippen LogP contribution >= 0.6 is 15.9 Å². The van der Waals surface area contributed by atoms with Gasteiger partial charge >= 0.3 is 0 Å². The molecule has 0 radical (unpaired) electrons. The van der Waals surface area contributed by atoms with E-state index in [2.05, 4.69) is 58.2 Å². The third-order valence-corrected chi connectivity index (χ3v) is 4.46. The summed E-state index contributed by atoms with van der Waals surface area (Å²) >= 11 is 3.72. The van der Waals surface area contributed by atoms with E-state index < -0.39 is 0 Å². The molecule has 1 N–H and O–H groups in total. The summed E-state index contributed by atoms with van der Waals surface area (Å²) < 4.78 is 1.23. The highest BCUT2D eigenvalue weighted by atomic mass is 79.9. The van der Waals surface area contributed by atoms with Gasteiger partial charge in [-0.25, -0.2) is 0 Å². The summed E-state index contributed by atoms with van der Waals surface area (Å²) in [6.45, 7) is 7.68. The maximum absolute atomic E-state index is 3.72. The van der Waals surface area contributed by atoms with E-state index in [1.54, 1.807) is 0 Å². The van der Waals surface area contributed by atoms with E-state index in [1.165, 1.54) is 41.4 Å². The molecule has 0 spiro atoms. The third-order valence-electron chi connectivity index (χ3n) is 3.72. The Labute approximate surface area is 125 Å². The highest BCUT2D eigenvalue weighted by Crippen LogP contribution is 2.26. The van der Waals surface area contributed by atoms with Crippen LogP contribution < -0.4 is 10.2 Å². The number of rotatable bonds is 8. The van der Waals surface area contributed by atoms with Crippen LogP contribution in [0.1, 0.15) is 45.1 Å². The Morgan fingerprint density at radius 1 is 1.32 bits per heavy atom. The van der Waals surface area contributed by atoms with E-state index >= 15 is 0 Å². The summed E-state index contributed by atoms with van der Waals surface area (Å²) in [5.41, 5.74) is 2.69. The van der Waals surface area contributed by atoms with Gasteiger partial charge in [-0.2, -0.15) is 0 Å². The smallest absolute Gasteiger partial charge is 0.0377 e. The predicted octanol–water partition coefficient (Wildman–Crippen LogP) is 4.33. The van der Waals surface area contributed by atoms with Crippen molar-refractivity contribution in [1.29, 1.82) is 0 Å². The topological polar surface area (TPSA) is 15.3 Å². The molecule has 0 amide bonds. The zero-order valence-electron chi connectivity index (χ0n) is 12.1. The molecule has 1 fully saturated rings. The summed E-state index contributed by atoms with van der Waals surface area (Å²) in [6, 6.07) is 7.54. The lowest BCUT2D eigenvalue weighted by Crippen LogP contribution is -2.24. The van der Waals surface area contributed by atoms with Gasteiger partial charge in [-0.1, -0.05) is 35.3 Å². The fourth-order valence-corrected chi connectivity index (χ4v) is 2.74. The van der Waals surface area contributed by atoms with Crippen molar-refractivity contribution in [3.05, 3.63) is 28.2 Å². The fourth-order valence-electron chi connectivity index (χ4n) is 2.24. The van der Waals surface area contributed by atoms with Crippen molar-refractivity contribution in [2.75, 3.05) is 18.0 Å². The van der Waals surface area contributed by atoms with Crippen molar-refractivity contribution in [2.45, 2.75) is 52.1 Å². The molecular weight excluding hydrogens is 300 g/mol. The Bertz CT molecular complexity index is 402. The maximum Gasteiger partial charge on any atom is 0.0377 e. The molecule has 1 aromatic carbocycles. The van der Waals surface area contributed by atoms with Crippen molar-refractivity contribution in [3.8, 4) is 0 Å². The average Bonchev–Trinajstić information content (AvgIpc) is 3.23. The average molecular weight is 325 g/mol. The quantitative estimate of drug-likeness (QED) is 0.765. The van der Waals surface area contributed by atoms with Crippen LogP contribution in [0.3, 0.4) is 0 Å². The Morgan fingerprint density at radius 2 is 2.11 bits per heavy atom. The molecule has 0 bridgehead atoms. The number of hydrogen-bond donors (Lipinski definition) is 1. The van der Waals surface area contributed by atoms with Gasteiger partial charge in [-0.15, -0.1) is 0 Å². The molecular formula is C16H25BrN2. The SMILES string of the molecule is CCCCN(CC)c1ccc(CNC2CC2)c(Br)c1. The van der Waals surface area contributed by atoms with E-state index in [0.29, 0.717) is 0 Å². The van der Waals surface area contributed by atoms with E-state index in [9.17, 15) is 0 Å². The summed E-state index contributed by atoms with van der Waals surface area (Å²) in [7, 11) is 0. The van der Waals surface area contributed by atoms with E-state index in [1.807, 2.05) is 0 Å². The summed E-state index contributed by atoms with van der Waals surface area (Å²) in [6.07, 6.45) is 5.20. The number of unbranched alkanes of at least 4 members (excludes halogenated alkanes) is 1. The Morgan fingerprint density at radius 3 is 2.68 bits per heavy atom. The highest BCUT2D eigenvalue weighted by Gasteiger charge is 2.20.